The summed E-state index contributed by atoms with van der Waals surface area (Å²) in [4.78, 5) is 54.8. The number of nitrogens with one attached hydrogen (secondary N) is 1. The summed E-state index contributed by atoms with van der Waals surface area (Å²) in [5.74, 6) is -2.63. The predicted octanol–water partition coefficient (Wildman–Crippen LogP) is 10.6. The zero-order valence-corrected chi connectivity index (χ0v) is 57.2. The Bertz CT molecular complexity index is 5290. The molecule has 2 N–H and O–H groups in total. The number of phenolic OH excluding ortho intramolecular Hbond substituents is 1. The quantitative estimate of drug-likeness (QED) is 0.0754. The SMILES string of the molecule is CN(c1c2c(c(O)c3ncccc13)C(=O)N(Cc1ccc(C(F)(F)F)o1)C2)S(C)(=O)=O.COc1ccc(COc2c3c(c(N(C)S(C)(=O)=O)c4cccnc24)CN(Cc2ccc(C(F)(F)F)o2)C3=O)cc1.COc1ccc(COc2c3c(c(N(C)S(C)(=O)=O)c4cccnc24)CNC3=O)cc1. The summed E-state index contributed by atoms with van der Waals surface area (Å²) in [6.07, 6.45) is -1.71. The van der Waals surface area contributed by atoms with Gasteiger partial charge >= 0.3 is 12.4 Å². The van der Waals surface area contributed by atoms with Gasteiger partial charge in [-0.25, -0.2) is 25.3 Å². The molecule has 0 aliphatic carbocycles. The van der Waals surface area contributed by atoms with Crippen molar-refractivity contribution in [3.8, 4) is 28.7 Å². The first kappa shape index (κ1) is 71.4. The lowest BCUT2D eigenvalue weighted by atomic mass is 10.0. The average Bonchev–Trinajstić information content (AvgIpc) is 1.62. The number of phenols is 1. The molecule has 0 bridgehead atoms. The number of amides is 3. The Hall–Kier alpha value is -10.9. The van der Waals surface area contributed by atoms with Crippen molar-refractivity contribution in [2.24, 2.45) is 0 Å². The number of benzene rings is 5. The van der Waals surface area contributed by atoms with Crippen LogP contribution in [0.4, 0.5) is 43.4 Å². The number of furan rings is 2. The minimum atomic E-state index is -4.67. The van der Waals surface area contributed by atoms with E-state index in [0.717, 1.165) is 68.5 Å². The van der Waals surface area contributed by atoms with Gasteiger partial charge in [-0.05, 0) is 96.1 Å². The van der Waals surface area contributed by atoms with Gasteiger partial charge in [0.15, 0.2) is 17.2 Å². The van der Waals surface area contributed by atoms with Crippen molar-refractivity contribution in [2.75, 3.05) is 67.0 Å². The van der Waals surface area contributed by atoms with E-state index in [1.54, 1.807) is 81.1 Å². The van der Waals surface area contributed by atoms with E-state index in [-0.39, 0.29) is 108 Å². The number of ether oxygens (including phenoxy) is 4. The fourth-order valence-electron chi connectivity index (χ4n) is 11.7. The molecule has 13 rings (SSSR count). The number of halogens is 6. The molecular formula is C67H61F6N9O16S3. The Balaban J connectivity index is 0.000000155. The highest BCUT2D eigenvalue weighted by atomic mass is 32.2. The molecule has 0 radical (unpaired) electrons. The van der Waals surface area contributed by atoms with Crippen molar-refractivity contribution < 1.29 is 98.9 Å². The normalized spacial score (nSPS) is 13.7. The third-order valence-corrected chi connectivity index (χ3v) is 20.3. The third-order valence-electron chi connectivity index (χ3n) is 16.7. The second-order valence-corrected chi connectivity index (χ2v) is 29.4. The van der Waals surface area contributed by atoms with Gasteiger partial charge in [0.05, 0.1) is 79.8 Å². The molecule has 8 heterocycles. The molecule has 101 heavy (non-hydrogen) atoms. The van der Waals surface area contributed by atoms with Crippen LogP contribution in [0.2, 0.25) is 0 Å². The van der Waals surface area contributed by atoms with Gasteiger partial charge in [-0.2, -0.15) is 26.3 Å². The zero-order valence-electron chi connectivity index (χ0n) is 54.7. The van der Waals surface area contributed by atoms with Crippen LogP contribution >= 0.6 is 0 Å². The molecule has 0 spiro atoms. The summed E-state index contributed by atoms with van der Waals surface area (Å²) < 4.78 is 187. The average molecular weight is 1460 g/mol. The van der Waals surface area contributed by atoms with E-state index in [2.05, 4.69) is 20.3 Å². The maximum absolute atomic E-state index is 13.8. The summed E-state index contributed by atoms with van der Waals surface area (Å²) in [5, 5.41) is 14.8. The molecule has 34 heteroatoms. The summed E-state index contributed by atoms with van der Waals surface area (Å²) in [6, 6.07) is 28.3. The number of methoxy groups -OCH3 is 2. The first-order valence-corrected chi connectivity index (χ1v) is 35.6. The summed E-state index contributed by atoms with van der Waals surface area (Å²) >= 11 is 0. The van der Waals surface area contributed by atoms with E-state index in [0.29, 0.717) is 55.6 Å². The fraction of sp³-hybridized carbons (Fsp3) is 0.254. The van der Waals surface area contributed by atoms with Gasteiger partial charge < -0.3 is 48.0 Å². The fourth-order valence-corrected chi connectivity index (χ4v) is 13.3. The standard InChI is InChI=1S/C27H24F3N3O6S.C21H21N3O5S.C19H16F3N3O5S/c1-32(40(3,35)36)24-19-5-4-12-31-23(19)25(38-15-16-6-8-17(37-2)9-7-16)22-20(24)14-33(26(22)34)13-18-10-11-21(39-18)27(28,29)30;1-24(30(3,26)27)19-15-5-4-10-22-18(15)20(17-16(19)11-23-21(17)25)29-12-13-6-8-14(28-2)9-7-13;1-24(31(2,28)29)16-11-4-3-7-23-15(11)17(26)14-12(16)9-25(18(14)27)8-10-5-6-13(30-10)19(20,21)22/h4-12H,13-15H2,1-3H3;4-10H,11-12H2,1-3H3,(H,23,25);3-7,26H,8-9H2,1-2H3. The molecule has 3 aliphatic rings. The lowest BCUT2D eigenvalue weighted by Crippen LogP contribution is -2.26. The minimum absolute atomic E-state index is 0.0410. The molecule has 3 amide bonds. The van der Waals surface area contributed by atoms with Gasteiger partial charge in [0.2, 0.25) is 41.6 Å². The third kappa shape index (κ3) is 14.4. The molecule has 3 aliphatic heterocycles. The number of carbonyl (C=O) groups is 3. The Labute approximate surface area is 573 Å². The first-order valence-electron chi connectivity index (χ1n) is 30.1. The second kappa shape index (κ2) is 27.3. The highest BCUT2D eigenvalue weighted by molar-refractivity contribution is 7.92. The number of hydrogen-bond donors (Lipinski definition) is 2. The molecule has 0 unspecified atom stereocenters. The molecule has 0 atom stereocenters. The van der Waals surface area contributed by atoms with Crippen molar-refractivity contribution in [1.29, 1.82) is 0 Å². The summed E-state index contributed by atoms with van der Waals surface area (Å²) in [6.45, 7) is -0.297. The van der Waals surface area contributed by atoms with Crippen LogP contribution in [-0.4, -0.2) is 127 Å². The van der Waals surface area contributed by atoms with Gasteiger partial charge in [0, 0.05) is 92.2 Å². The molecule has 5 aromatic carbocycles. The number of pyridine rings is 3. The van der Waals surface area contributed by atoms with Crippen LogP contribution < -0.4 is 37.2 Å². The molecular weight excluding hydrogens is 1400 g/mol. The van der Waals surface area contributed by atoms with Gasteiger partial charge in [-0.3, -0.25) is 42.3 Å². The van der Waals surface area contributed by atoms with Crippen LogP contribution in [0.15, 0.2) is 137 Å². The largest absolute Gasteiger partial charge is 0.505 e. The number of alkyl halides is 6. The highest BCUT2D eigenvalue weighted by Crippen LogP contribution is 2.48. The number of nitrogens with zero attached hydrogens (tertiary/aromatic N) is 8. The molecule has 0 saturated heterocycles. The maximum atomic E-state index is 13.8. The minimum Gasteiger partial charge on any atom is -0.505 e. The number of carbonyl (C=O) groups excluding carboxylic acids is 3. The molecule has 0 fully saturated rings. The van der Waals surface area contributed by atoms with E-state index >= 15 is 0 Å². The highest BCUT2D eigenvalue weighted by Gasteiger charge is 2.42. The number of aromatic hydroxyl groups is 1. The van der Waals surface area contributed by atoms with Gasteiger partial charge in [0.25, 0.3) is 17.7 Å². The topological polar surface area (TPSA) is 304 Å². The summed E-state index contributed by atoms with van der Waals surface area (Å²) in [7, 11) is -3.77. The lowest BCUT2D eigenvalue weighted by Gasteiger charge is -2.23. The predicted molar refractivity (Wildman–Crippen MR) is 357 cm³/mol. The van der Waals surface area contributed by atoms with Gasteiger partial charge in [0.1, 0.15) is 52.8 Å². The van der Waals surface area contributed by atoms with Gasteiger partial charge in [-0.1, -0.05) is 24.3 Å². The molecule has 0 saturated carbocycles. The van der Waals surface area contributed by atoms with Crippen LogP contribution in [0.5, 0.6) is 28.7 Å². The Kier molecular flexibility index (Phi) is 19.3. The molecule has 10 aromatic rings. The van der Waals surface area contributed by atoms with E-state index in [4.69, 9.17) is 27.8 Å². The molecule has 530 valence electrons. The van der Waals surface area contributed by atoms with Crippen LogP contribution in [0, 0.1) is 0 Å². The van der Waals surface area contributed by atoms with Crippen LogP contribution in [0.1, 0.15) is 81.9 Å². The number of aromatic nitrogens is 3. The van der Waals surface area contributed by atoms with Crippen molar-refractivity contribution >= 4 is 97.6 Å². The van der Waals surface area contributed by atoms with Crippen molar-refractivity contribution in [2.45, 2.75) is 58.3 Å². The lowest BCUT2D eigenvalue weighted by molar-refractivity contribution is -0.154. The van der Waals surface area contributed by atoms with E-state index in [1.807, 2.05) is 24.3 Å². The zero-order chi connectivity index (χ0) is 73.0. The van der Waals surface area contributed by atoms with E-state index in [9.17, 15) is 71.1 Å². The van der Waals surface area contributed by atoms with Crippen molar-refractivity contribution in [3.05, 3.63) is 195 Å². The smallest absolute Gasteiger partial charge is 0.449 e. The van der Waals surface area contributed by atoms with Crippen LogP contribution in [0.25, 0.3) is 32.7 Å². The second-order valence-electron chi connectivity index (χ2n) is 23.3. The number of anilines is 3. The van der Waals surface area contributed by atoms with Crippen LogP contribution in [0.3, 0.4) is 0 Å². The Morgan fingerprint density at radius 2 is 0.881 bits per heavy atom. The van der Waals surface area contributed by atoms with Gasteiger partial charge in [-0.15, -0.1) is 0 Å². The van der Waals surface area contributed by atoms with Crippen molar-refractivity contribution in [1.82, 2.24) is 30.1 Å². The number of hydrogen-bond acceptors (Lipinski definition) is 19. The summed E-state index contributed by atoms with van der Waals surface area (Å²) in [5.41, 5.74) is 4.70. The van der Waals surface area contributed by atoms with Crippen molar-refractivity contribution in [3.63, 3.8) is 0 Å². The van der Waals surface area contributed by atoms with E-state index in [1.165, 1.54) is 47.6 Å². The van der Waals surface area contributed by atoms with E-state index < -0.39 is 71.5 Å². The van der Waals surface area contributed by atoms with Crippen LogP contribution in [-0.2, 0) is 88.4 Å². The monoisotopic (exact) mass is 1460 g/mol. The molecule has 25 nitrogen and oxygen atoms in total. The molecule has 5 aromatic heterocycles. The maximum Gasteiger partial charge on any atom is 0.449 e. The number of rotatable bonds is 18. The number of sulfonamides is 3. The number of fused-ring (bicyclic) bond motifs is 6. The Morgan fingerprint density at radius 3 is 1.27 bits per heavy atom. The Morgan fingerprint density at radius 1 is 0.515 bits per heavy atom. The first-order chi connectivity index (χ1) is 47.6.